The molecule has 1 saturated carbocycles. The van der Waals surface area contributed by atoms with Crippen LogP contribution in [0.15, 0.2) is 54.6 Å². The highest BCUT2D eigenvalue weighted by atomic mass is 16.5. The van der Waals surface area contributed by atoms with E-state index in [0.29, 0.717) is 19.2 Å². The average molecular weight is 396 g/mol. The van der Waals surface area contributed by atoms with Crippen molar-refractivity contribution in [3.63, 3.8) is 0 Å². The molecular weight excluding hydrogens is 366 g/mol. The van der Waals surface area contributed by atoms with Crippen LogP contribution in [0.3, 0.4) is 0 Å². The summed E-state index contributed by atoms with van der Waals surface area (Å²) in [5, 5.41) is 8.10. The van der Waals surface area contributed by atoms with Crippen LogP contribution in [0.1, 0.15) is 43.2 Å². The Kier molecular flexibility index (Phi) is 7.92. The number of hydrogen-bond acceptors (Lipinski definition) is 3. The quantitative estimate of drug-likeness (QED) is 0.640. The Bertz CT molecular complexity index is 772. The van der Waals surface area contributed by atoms with Crippen LogP contribution in [0.25, 0.3) is 0 Å². The zero-order chi connectivity index (χ0) is 20.3. The van der Waals surface area contributed by atoms with E-state index < -0.39 is 0 Å². The lowest BCUT2D eigenvalue weighted by Gasteiger charge is -2.23. The van der Waals surface area contributed by atoms with Gasteiger partial charge in [0.05, 0.1) is 12.6 Å². The molecule has 0 atom stereocenters. The first-order valence-electron chi connectivity index (χ1n) is 10.3. The van der Waals surface area contributed by atoms with Crippen molar-refractivity contribution in [1.82, 2.24) is 16.0 Å². The van der Waals surface area contributed by atoms with Crippen molar-refractivity contribution in [3.05, 3.63) is 65.7 Å². The number of ether oxygens (including phenoxy) is 1. The zero-order valence-electron chi connectivity index (χ0n) is 16.7. The first-order valence-corrected chi connectivity index (χ1v) is 10.3. The monoisotopic (exact) mass is 395 g/mol. The van der Waals surface area contributed by atoms with Gasteiger partial charge in [-0.05, 0) is 48.9 Å². The molecular formula is C23H29N3O3. The van der Waals surface area contributed by atoms with Crippen LogP contribution in [-0.4, -0.2) is 24.6 Å². The summed E-state index contributed by atoms with van der Waals surface area (Å²) in [6.07, 6.45) is 6.37. The third kappa shape index (κ3) is 7.49. The Hall–Kier alpha value is -3.02. The highest BCUT2D eigenvalue weighted by Gasteiger charge is 2.14. The molecule has 0 bridgehead atoms. The first kappa shape index (κ1) is 20.7. The predicted molar refractivity (Wildman–Crippen MR) is 112 cm³/mol. The number of carbonyl (C=O) groups is 2. The maximum absolute atomic E-state index is 11.9. The number of nitrogens with one attached hydrogen (secondary N) is 3. The summed E-state index contributed by atoms with van der Waals surface area (Å²) in [7, 11) is 0. The number of hydrogen-bond donors (Lipinski definition) is 3. The number of amides is 3. The van der Waals surface area contributed by atoms with Crippen LogP contribution in [0, 0.1) is 0 Å². The highest BCUT2D eigenvalue weighted by molar-refractivity contribution is 5.83. The Labute approximate surface area is 172 Å². The molecule has 3 amide bonds. The summed E-state index contributed by atoms with van der Waals surface area (Å²) >= 11 is 0. The third-order valence-electron chi connectivity index (χ3n) is 4.97. The van der Waals surface area contributed by atoms with Gasteiger partial charge in [-0.25, -0.2) is 4.79 Å². The molecule has 0 radical (unpaired) electrons. The van der Waals surface area contributed by atoms with Gasteiger partial charge in [-0.15, -0.1) is 0 Å². The van der Waals surface area contributed by atoms with Gasteiger partial charge in [-0.2, -0.15) is 0 Å². The third-order valence-corrected chi connectivity index (χ3v) is 4.97. The maximum atomic E-state index is 11.9. The minimum Gasteiger partial charge on any atom is -0.490 e. The molecule has 0 unspecified atom stereocenters. The van der Waals surface area contributed by atoms with Crippen LogP contribution < -0.4 is 20.7 Å². The maximum Gasteiger partial charge on any atom is 0.315 e. The second-order valence-electron chi connectivity index (χ2n) is 7.32. The number of rotatable bonds is 8. The van der Waals surface area contributed by atoms with E-state index in [1.807, 2.05) is 54.6 Å². The van der Waals surface area contributed by atoms with Gasteiger partial charge in [-0.3, -0.25) is 4.79 Å². The molecule has 0 aliphatic heterocycles. The lowest BCUT2D eigenvalue weighted by molar-refractivity contribution is -0.120. The zero-order valence-corrected chi connectivity index (χ0v) is 16.7. The summed E-state index contributed by atoms with van der Waals surface area (Å²) < 4.78 is 6.01. The molecule has 0 saturated heterocycles. The Morgan fingerprint density at radius 1 is 0.793 bits per heavy atom. The van der Waals surface area contributed by atoms with E-state index in [4.69, 9.17) is 4.74 Å². The van der Waals surface area contributed by atoms with Crippen molar-refractivity contribution in [2.45, 2.75) is 51.3 Å². The SMILES string of the molecule is O=C(CNC(=O)NCc1ccc(OC2CCCCC2)cc1)NCc1ccccc1. The molecule has 2 aromatic carbocycles. The average Bonchev–Trinajstić information content (AvgIpc) is 2.77. The lowest BCUT2D eigenvalue weighted by Crippen LogP contribution is -2.41. The fraction of sp³-hybridized carbons (Fsp3) is 0.391. The Morgan fingerprint density at radius 3 is 2.17 bits per heavy atom. The standard InChI is InChI=1S/C23H29N3O3/c27-22(24-15-18-7-3-1-4-8-18)17-26-23(28)25-16-19-11-13-21(14-12-19)29-20-9-5-2-6-10-20/h1,3-4,7-8,11-14,20H,2,5-6,9-10,15-17H2,(H,24,27)(H2,25,26,28). The summed E-state index contributed by atoms with van der Waals surface area (Å²) in [6.45, 7) is 0.770. The van der Waals surface area contributed by atoms with Gasteiger partial charge in [0, 0.05) is 13.1 Å². The first-order chi connectivity index (χ1) is 14.2. The molecule has 29 heavy (non-hydrogen) atoms. The van der Waals surface area contributed by atoms with Crippen molar-refractivity contribution < 1.29 is 14.3 Å². The van der Waals surface area contributed by atoms with Crippen LogP contribution in [0.2, 0.25) is 0 Å². The van der Waals surface area contributed by atoms with E-state index in [2.05, 4.69) is 16.0 Å². The smallest absolute Gasteiger partial charge is 0.315 e. The van der Waals surface area contributed by atoms with Crippen LogP contribution in [-0.2, 0) is 17.9 Å². The molecule has 1 aliphatic rings. The minimum atomic E-state index is -0.373. The molecule has 2 aromatic rings. The molecule has 0 spiro atoms. The van der Waals surface area contributed by atoms with Crippen molar-refractivity contribution in [3.8, 4) is 5.75 Å². The van der Waals surface area contributed by atoms with Crippen molar-refractivity contribution >= 4 is 11.9 Å². The van der Waals surface area contributed by atoms with Gasteiger partial charge in [0.2, 0.25) is 5.91 Å². The van der Waals surface area contributed by atoms with Crippen molar-refractivity contribution in [2.75, 3.05) is 6.54 Å². The molecule has 6 nitrogen and oxygen atoms in total. The van der Waals surface area contributed by atoms with E-state index in [0.717, 1.165) is 29.7 Å². The van der Waals surface area contributed by atoms with Gasteiger partial charge in [-0.1, -0.05) is 48.9 Å². The van der Waals surface area contributed by atoms with Crippen LogP contribution >= 0.6 is 0 Å². The minimum absolute atomic E-state index is 0.0627. The van der Waals surface area contributed by atoms with E-state index in [9.17, 15) is 9.59 Å². The summed E-state index contributed by atoms with van der Waals surface area (Å²) in [5.41, 5.74) is 1.99. The predicted octanol–water partition coefficient (Wildman–Crippen LogP) is 3.51. The normalized spacial score (nSPS) is 14.1. The largest absolute Gasteiger partial charge is 0.490 e. The summed E-state index contributed by atoms with van der Waals surface area (Å²) in [4.78, 5) is 23.7. The molecule has 3 N–H and O–H groups in total. The van der Waals surface area contributed by atoms with Gasteiger partial charge < -0.3 is 20.7 Å². The summed E-state index contributed by atoms with van der Waals surface area (Å²) in [6, 6.07) is 17.1. The number of carbonyl (C=O) groups excluding carboxylic acids is 2. The van der Waals surface area contributed by atoms with Crippen molar-refractivity contribution in [2.24, 2.45) is 0 Å². The topological polar surface area (TPSA) is 79.5 Å². The Morgan fingerprint density at radius 2 is 1.45 bits per heavy atom. The molecule has 154 valence electrons. The van der Waals surface area contributed by atoms with Crippen molar-refractivity contribution in [1.29, 1.82) is 0 Å². The molecule has 1 fully saturated rings. The fourth-order valence-electron chi connectivity index (χ4n) is 3.33. The summed E-state index contributed by atoms with van der Waals surface area (Å²) in [5.74, 6) is 0.647. The molecule has 0 heterocycles. The van der Waals surface area contributed by atoms with E-state index in [1.165, 1.54) is 19.3 Å². The second-order valence-corrected chi connectivity index (χ2v) is 7.32. The van der Waals surface area contributed by atoms with E-state index >= 15 is 0 Å². The molecule has 1 aliphatic carbocycles. The van der Waals surface area contributed by atoms with Gasteiger partial charge in [0.25, 0.3) is 0 Å². The van der Waals surface area contributed by atoms with E-state index in [-0.39, 0.29) is 18.5 Å². The second kappa shape index (κ2) is 11.1. The Balaban J connectivity index is 1.32. The molecule has 6 heteroatoms. The van der Waals surface area contributed by atoms with E-state index in [1.54, 1.807) is 0 Å². The van der Waals surface area contributed by atoms with Gasteiger partial charge in [0.1, 0.15) is 5.75 Å². The molecule has 3 rings (SSSR count). The number of urea groups is 1. The van der Waals surface area contributed by atoms with Crippen LogP contribution in [0.5, 0.6) is 5.75 Å². The fourth-order valence-corrected chi connectivity index (χ4v) is 3.33. The molecule has 0 aromatic heterocycles. The lowest BCUT2D eigenvalue weighted by atomic mass is 9.98. The number of benzene rings is 2. The highest BCUT2D eigenvalue weighted by Crippen LogP contribution is 2.23. The van der Waals surface area contributed by atoms with Crippen LogP contribution in [0.4, 0.5) is 4.79 Å². The van der Waals surface area contributed by atoms with Gasteiger partial charge in [0.15, 0.2) is 0 Å². The van der Waals surface area contributed by atoms with Gasteiger partial charge >= 0.3 is 6.03 Å².